The molecule has 0 radical (unpaired) electrons. The van der Waals surface area contributed by atoms with E-state index >= 15 is 0 Å². The summed E-state index contributed by atoms with van der Waals surface area (Å²) in [6.45, 7) is 7.03. The fourth-order valence-electron chi connectivity index (χ4n) is 1.72. The molecule has 2 rings (SSSR count). The number of aryl methyl sites for hydroxylation is 1. The van der Waals surface area contributed by atoms with Crippen LogP contribution in [0.3, 0.4) is 0 Å². The van der Waals surface area contributed by atoms with E-state index in [0.717, 1.165) is 22.3 Å². The van der Waals surface area contributed by atoms with Crippen molar-refractivity contribution >= 4 is 15.9 Å². The minimum absolute atomic E-state index is 0.392. The Balaban J connectivity index is 2.34. The maximum atomic E-state index is 5.90. The van der Waals surface area contributed by atoms with Gasteiger partial charge in [-0.05, 0) is 36.6 Å². The van der Waals surface area contributed by atoms with Crippen LogP contribution in [0.5, 0.6) is 11.6 Å². The van der Waals surface area contributed by atoms with Crippen LogP contribution in [0.1, 0.15) is 32.3 Å². The second-order valence-corrected chi connectivity index (χ2v) is 5.24. The number of hydrogen-bond donors (Lipinski definition) is 0. The Bertz CT molecular complexity index is 537. The fraction of sp³-hybridized carbons (Fsp3) is 0.385. The van der Waals surface area contributed by atoms with Crippen LogP contribution in [0, 0.1) is 0 Å². The van der Waals surface area contributed by atoms with E-state index in [4.69, 9.17) is 4.74 Å². The summed E-state index contributed by atoms with van der Waals surface area (Å²) >= 11 is 3.49. The van der Waals surface area contributed by atoms with Gasteiger partial charge in [0.05, 0.1) is 0 Å². The maximum Gasteiger partial charge on any atom is 0.238 e. The standard InChI is InChI=1S/C13H16BrN3O/c1-4-17-13(8-15-16-17)18-12-6-5-10(14)7-11(12)9(2)3/h5-9H,4H2,1-3H3. The van der Waals surface area contributed by atoms with Crippen molar-refractivity contribution in [1.29, 1.82) is 0 Å². The molecule has 0 unspecified atom stereocenters. The fourth-order valence-corrected chi connectivity index (χ4v) is 2.10. The molecule has 4 nitrogen and oxygen atoms in total. The molecule has 0 saturated carbocycles. The molecular formula is C13H16BrN3O. The topological polar surface area (TPSA) is 39.9 Å². The number of nitrogens with zero attached hydrogens (tertiary/aromatic N) is 3. The summed E-state index contributed by atoms with van der Waals surface area (Å²) in [5.41, 5.74) is 1.16. The molecule has 0 aliphatic carbocycles. The van der Waals surface area contributed by atoms with Crippen LogP contribution in [0.25, 0.3) is 0 Å². The average Bonchev–Trinajstić information content (AvgIpc) is 2.78. The van der Waals surface area contributed by atoms with E-state index in [1.165, 1.54) is 0 Å². The number of hydrogen-bond acceptors (Lipinski definition) is 3. The van der Waals surface area contributed by atoms with Crippen LogP contribution < -0.4 is 4.74 Å². The summed E-state index contributed by atoms with van der Waals surface area (Å²) in [6, 6.07) is 6.02. The van der Waals surface area contributed by atoms with Gasteiger partial charge in [-0.3, -0.25) is 0 Å². The lowest BCUT2D eigenvalue weighted by Crippen LogP contribution is -2.01. The maximum absolute atomic E-state index is 5.90. The summed E-state index contributed by atoms with van der Waals surface area (Å²) in [6.07, 6.45) is 1.63. The molecule has 1 aromatic heterocycles. The Hall–Kier alpha value is -1.36. The van der Waals surface area contributed by atoms with Crippen molar-refractivity contribution in [3.63, 3.8) is 0 Å². The van der Waals surface area contributed by atoms with Crippen molar-refractivity contribution in [2.45, 2.75) is 33.2 Å². The number of aromatic nitrogens is 3. The highest BCUT2D eigenvalue weighted by Gasteiger charge is 2.12. The Morgan fingerprint density at radius 3 is 2.83 bits per heavy atom. The van der Waals surface area contributed by atoms with Gasteiger partial charge in [0.2, 0.25) is 5.88 Å². The SMILES string of the molecule is CCn1nncc1Oc1ccc(Br)cc1C(C)C. The highest BCUT2D eigenvalue weighted by Crippen LogP contribution is 2.32. The Kier molecular flexibility index (Phi) is 4.01. The van der Waals surface area contributed by atoms with Crippen molar-refractivity contribution in [2.24, 2.45) is 0 Å². The molecule has 5 heteroatoms. The molecule has 96 valence electrons. The van der Waals surface area contributed by atoms with E-state index in [-0.39, 0.29) is 0 Å². The molecule has 0 saturated heterocycles. The third kappa shape index (κ3) is 2.72. The van der Waals surface area contributed by atoms with Gasteiger partial charge in [-0.1, -0.05) is 35.0 Å². The number of ether oxygens (including phenoxy) is 1. The average molecular weight is 310 g/mol. The molecule has 18 heavy (non-hydrogen) atoms. The van der Waals surface area contributed by atoms with E-state index in [2.05, 4.69) is 46.2 Å². The molecule has 0 amide bonds. The van der Waals surface area contributed by atoms with Crippen molar-refractivity contribution in [1.82, 2.24) is 15.0 Å². The zero-order chi connectivity index (χ0) is 13.1. The van der Waals surface area contributed by atoms with Crippen molar-refractivity contribution in [3.8, 4) is 11.6 Å². The minimum Gasteiger partial charge on any atom is -0.437 e. The first kappa shape index (κ1) is 13.1. The molecule has 0 N–H and O–H groups in total. The van der Waals surface area contributed by atoms with Gasteiger partial charge in [-0.2, -0.15) is 0 Å². The van der Waals surface area contributed by atoms with Crippen molar-refractivity contribution < 1.29 is 4.74 Å². The molecule has 0 bridgehead atoms. The third-order valence-corrected chi connectivity index (χ3v) is 3.18. The smallest absolute Gasteiger partial charge is 0.238 e. The van der Waals surface area contributed by atoms with E-state index in [1.54, 1.807) is 10.9 Å². The number of benzene rings is 1. The van der Waals surface area contributed by atoms with Crippen LogP contribution in [-0.2, 0) is 6.54 Å². The first-order valence-electron chi connectivity index (χ1n) is 5.97. The van der Waals surface area contributed by atoms with E-state index in [9.17, 15) is 0 Å². The van der Waals surface area contributed by atoms with Gasteiger partial charge in [0.15, 0.2) is 0 Å². The Labute approximate surface area is 115 Å². The summed E-state index contributed by atoms with van der Waals surface area (Å²) in [5.74, 6) is 1.91. The normalized spacial score (nSPS) is 10.9. The number of rotatable bonds is 4. The van der Waals surface area contributed by atoms with Crippen LogP contribution in [0.4, 0.5) is 0 Å². The summed E-state index contributed by atoms with van der Waals surface area (Å²) < 4.78 is 8.69. The van der Waals surface area contributed by atoms with Crippen molar-refractivity contribution in [2.75, 3.05) is 0 Å². The summed E-state index contributed by atoms with van der Waals surface area (Å²) in [5, 5.41) is 7.82. The second-order valence-electron chi connectivity index (χ2n) is 4.33. The molecule has 1 aromatic carbocycles. The van der Waals surface area contributed by atoms with Gasteiger partial charge in [0.25, 0.3) is 0 Å². The second kappa shape index (κ2) is 5.52. The highest BCUT2D eigenvalue weighted by molar-refractivity contribution is 9.10. The summed E-state index contributed by atoms with van der Waals surface area (Å²) in [4.78, 5) is 0. The van der Waals surface area contributed by atoms with Gasteiger partial charge in [0.1, 0.15) is 11.9 Å². The first-order valence-corrected chi connectivity index (χ1v) is 6.77. The third-order valence-electron chi connectivity index (χ3n) is 2.69. The first-order chi connectivity index (χ1) is 8.61. The van der Waals surface area contributed by atoms with Gasteiger partial charge in [-0.25, -0.2) is 4.68 Å². The quantitative estimate of drug-likeness (QED) is 0.857. The van der Waals surface area contributed by atoms with Crippen LogP contribution in [0.15, 0.2) is 28.9 Å². The highest BCUT2D eigenvalue weighted by atomic mass is 79.9. The minimum atomic E-state index is 0.392. The lowest BCUT2D eigenvalue weighted by atomic mass is 10.0. The molecule has 0 fully saturated rings. The van der Waals surface area contributed by atoms with Gasteiger partial charge in [-0.15, -0.1) is 5.10 Å². The van der Waals surface area contributed by atoms with Gasteiger partial charge >= 0.3 is 0 Å². The van der Waals surface area contributed by atoms with Gasteiger partial charge in [0, 0.05) is 11.0 Å². The lowest BCUT2D eigenvalue weighted by molar-refractivity contribution is 0.410. The van der Waals surface area contributed by atoms with E-state index in [1.807, 2.05) is 19.1 Å². The van der Waals surface area contributed by atoms with Crippen LogP contribution in [-0.4, -0.2) is 15.0 Å². The molecular weight excluding hydrogens is 294 g/mol. The largest absolute Gasteiger partial charge is 0.437 e. The molecule has 0 aliphatic rings. The predicted molar refractivity (Wildman–Crippen MR) is 74.0 cm³/mol. The van der Waals surface area contributed by atoms with Crippen LogP contribution in [0.2, 0.25) is 0 Å². The predicted octanol–water partition coefficient (Wildman–Crippen LogP) is 3.98. The molecule has 0 aliphatic heterocycles. The Morgan fingerprint density at radius 2 is 2.17 bits per heavy atom. The molecule has 0 spiro atoms. The zero-order valence-electron chi connectivity index (χ0n) is 10.7. The van der Waals surface area contributed by atoms with Crippen LogP contribution >= 0.6 is 15.9 Å². The number of halogens is 1. The summed E-state index contributed by atoms with van der Waals surface area (Å²) in [7, 11) is 0. The molecule has 2 aromatic rings. The monoisotopic (exact) mass is 309 g/mol. The zero-order valence-corrected chi connectivity index (χ0v) is 12.3. The van der Waals surface area contributed by atoms with E-state index in [0.29, 0.717) is 11.8 Å². The Morgan fingerprint density at radius 1 is 1.39 bits per heavy atom. The van der Waals surface area contributed by atoms with Crippen molar-refractivity contribution in [3.05, 3.63) is 34.4 Å². The molecule has 1 heterocycles. The van der Waals surface area contributed by atoms with E-state index < -0.39 is 0 Å². The molecule has 0 atom stereocenters. The van der Waals surface area contributed by atoms with Gasteiger partial charge < -0.3 is 4.74 Å². The lowest BCUT2D eigenvalue weighted by Gasteiger charge is -2.14.